The minimum absolute atomic E-state index is 0.539. The fraction of sp³-hybridized carbons (Fsp3) is 0.138. The van der Waals surface area contributed by atoms with Crippen molar-refractivity contribution in [2.45, 2.75) is 20.3 Å². The summed E-state index contributed by atoms with van der Waals surface area (Å²) in [5, 5.41) is 4.64. The first-order valence-corrected chi connectivity index (χ1v) is 11.1. The number of nitrogens with zero attached hydrogens (tertiary/aromatic N) is 2. The predicted octanol–water partition coefficient (Wildman–Crippen LogP) is 7.50. The van der Waals surface area contributed by atoms with E-state index in [2.05, 4.69) is 96.9 Å². The zero-order chi connectivity index (χ0) is 21.8. The molecule has 1 aliphatic heterocycles. The molecule has 156 valence electrons. The summed E-state index contributed by atoms with van der Waals surface area (Å²) in [6.45, 7) is 9.01. The highest BCUT2D eigenvalue weighted by Crippen LogP contribution is 2.45. The molecule has 6 rings (SSSR count). The Labute approximate surface area is 187 Å². The molecule has 3 nitrogen and oxygen atoms in total. The summed E-state index contributed by atoms with van der Waals surface area (Å²) >= 11 is 0. The van der Waals surface area contributed by atoms with Gasteiger partial charge >= 0.3 is 5.71 Å². The Kier molecular flexibility index (Phi) is 4.19. The standard InChI is InChI=1S/C29H24N2O/c1-18(2)16-20-17-26(31(3)25-14-13-19-8-4-5-9-21(19)27(20)25)24-11-6-10-22-23-12-7-15-30-29(23)32-28(22)24/h4-15,17-18H,3,16H2,1-2H3. The molecule has 0 saturated carbocycles. The minimum atomic E-state index is 0.539. The summed E-state index contributed by atoms with van der Waals surface area (Å²) in [4.78, 5) is 4.43. The van der Waals surface area contributed by atoms with E-state index in [-0.39, 0.29) is 0 Å². The normalized spacial score (nSPS) is 13.9. The first-order chi connectivity index (χ1) is 15.6. The van der Waals surface area contributed by atoms with E-state index in [9.17, 15) is 0 Å². The van der Waals surface area contributed by atoms with Crippen molar-refractivity contribution in [3.05, 3.63) is 96.2 Å². The molecule has 0 aliphatic carbocycles. The highest BCUT2D eigenvalue weighted by atomic mass is 16.3. The molecule has 2 aromatic heterocycles. The summed E-state index contributed by atoms with van der Waals surface area (Å²) in [5.74, 6) is 0.539. The van der Waals surface area contributed by atoms with Crippen LogP contribution in [0.4, 0.5) is 5.69 Å². The van der Waals surface area contributed by atoms with Crippen LogP contribution in [0.2, 0.25) is 0 Å². The number of fused-ring (bicyclic) bond motifs is 6. The number of para-hydroxylation sites is 1. The summed E-state index contributed by atoms with van der Waals surface area (Å²) in [7, 11) is 0. The third-order valence-corrected chi connectivity index (χ3v) is 6.30. The van der Waals surface area contributed by atoms with Gasteiger partial charge in [0.2, 0.25) is 0 Å². The number of aromatic nitrogens is 1. The largest absolute Gasteiger partial charge is 0.377 e. The van der Waals surface area contributed by atoms with Gasteiger partial charge in [-0.25, -0.2) is 9.56 Å². The fourth-order valence-electron chi connectivity index (χ4n) is 4.93. The Morgan fingerprint density at radius 1 is 0.969 bits per heavy atom. The molecule has 3 aromatic carbocycles. The second-order valence-electron chi connectivity index (χ2n) is 8.90. The van der Waals surface area contributed by atoms with Crippen molar-refractivity contribution in [2.75, 3.05) is 0 Å². The van der Waals surface area contributed by atoms with Gasteiger partial charge in [0, 0.05) is 10.9 Å². The average molecular weight is 417 g/mol. The van der Waals surface area contributed by atoms with Crippen LogP contribution >= 0.6 is 0 Å². The van der Waals surface area contributed by atoms with Gasteiger partial charge in [0.15, 0.2) is 11.7 Å². The lowest BCUT2D eigenvalue weighted by atomic mass is 9.85. The van der Waals surface area contributed by atoms with Crippen molar-refractivity contribution in [3.8, 4) is 0 Å². The SMILES string of the molecule is C=[N+]1c2ccc3ccccc3c2C(CC(C)C)=C[C-]1c1cccc2c1[o+][c-]1ncccc21. The molecule has 1 aliphatic rings. The number of hydrogen-bond donors (Lipinski definition) is 0. The van der Waals surface area contributed by atoms with Crippen LogP contribution < -0.4 is 0 Å². The van der Waals surface area contributed by atoms with Gasteiger partial charge in [-0.05, 0) is 46.8 Å². The van der Waals surface area contributed by atoms with Gasteiger partial charge < -0.3 is 0 Å². The van der Waals surface area contributed by atoms with Gasteiger partial charge in [0.05, 0.1) is 12.3 Å². The van der Waals surface area contributed by atoms with E-state index < -0.39 is 0 Å². The first kappa shape index (κ1) is 18.9. The molecule has 0 unspecified atom stereocenters. The molecule has 0 radical (unpaired) electrons. The van der Waals surface area contributed by atoms with Crippen LogP contribution in [0, 0.1) is 12.0 Å². The van der Waals surface area contributed by atoms with E-state index in [1.54, 1.807) is 6.20 Å². The number of benzene rings is 3. The lowest BCUT2D eigenvalue weighted by molar-refractivity contribution is -0.400. The van der Waals surface area contributed by atoms with Crippen LogP contribution in [0.5, 0.6) is 0 Å². The molecule has 0 saturated heterocycles. The number of hydrogen-bond acceptors (Lipinski definition) is 1. The summed E-state index contributed by atoms with van der Waals surface area (Å²) in [5.41, 5.74) is 6.31. The van der Waals surface area contributed by atoms with Crippen molar-refractivity contribution < 1.29 is 8.99 Å². The van der Waals surface area contributed by atoms with Gasteiger partial charge in [-0.2, -0.15) is 0 Å². The molecule has 5 aromatic rings. The zero-order valence-corrected chi connectivity index (χ0v) is 18.3. The van der Waals surface area contributed by atoms with Gasteiger partial charge in [-0.15, -0.1) is 12.1 Å². The third kappa shape index (κ3) is 2.78. The quantitative estimate of drug-likeness (QED) is 0.173. The molecule has 3 heterocycles. The number of allylic oxidation sites excluding steroid dienone is 1. The molecular formula is C29H24N2O. The van der Waals surface area contributed by atoms with Crippen molar-refractivity contribution in [1.29, 1.82) is 0 Å². The van der Waals surface area contributed by atoms with Crippen LogP contribution in [0.25, 0.3) is 38.4 Å². The van der Waals surface area contributed by atoms with Crippen LogP contribution in [0.1, 0.15) is 31.4 Å². The Balaban J connectivity index is 1.61. The number of pyridine rings is 1. The molecular weight excluding hydrogens is 392 g/mol. The fourth-order valence-corrected chi connectivity index (χ4v) is 4.93. The average Bonchev–Trinajstić information content (AvgIpc) is 3.19. The Hall–Kier alpha value is -3.85. The maximum absolute atomic E-state index is 6.24. The number of furan rings is 1. The molecule has 0 spiro atoms. The van der Waals surface area contributed by atoms with Crippen molar-refractivity contribution in [3.63, 3.8) is 0 Å². The highest BCUT2D eigenvalue weighted by Gasteiger charge is 2.31. The lowest BCUT2D eigenvalue weighted by Crippen LogP contribution is -2.18. The Bertz CT molecular complexity index is 1550. The summed E-state index contributed by atoms with van der Waals surface area (Å²) in [6.07, 6.45) is 5.07. The summed E-state index contributed by atoms with van der Waals surface area (Å²) < 4.78 is 8.30. The highest BCUT2D eigenvalue weighted by molar-refractivity contribution is 6.05. The van der Waals surface area contributed by atoms with E-state index in [1.165, 1.54) is 21.9 Å². The first-order valence-electron chi connectivity index (χ1n) is 11.1. The van der Waals surface area contributed by atoms with Crippen molar-refractivity contribution >= 4 is 50.8 Å². The van der Waals surface area contributed by atoms with Crippen LogP contribution in [-0.4, -0.2) is 16.3 Å². The molecule has 0 amide bonds. The molecule has 0 bridgehead atoms. The van der Waals surface area contributed by atoms with E-state index in [0.29, 0.717) is 11.6 Å². The van der Waals surface area contributed by atoms with Crippen molar-refractivity contribution in [2.24, 2.45) is 5.92 Å². The van der Waals surface area contributed by atoms with Crippen molar-refractivity contribution in [1.82, 2.24) is 4.98 Å². The van der Waals surface area contributed by atoms with Crippen LogP contribution in [0.3, 0.4) is 0 Å². The third-order valence-electron chi connectivity index (χ3n) is 6.30. The summed E-state index contributed by atoms with van der Waals surface area (Å²) in [6, 6.07) is 24.4. The van der Waals surface area contributed by atoms with E-state index >= 15 is 0 Å². The van der Waals surface area contributed by atoms with Crippen LogP contribution in [0.15, 0.2) is 83.4 Å². The lowest BCUT2D eigenvalue weighted by Gasteiger charge is -2.28. The van der Waals surface area contributed by atoms with E-state index in [4.69, 9.17) is 4.42 Å². The zero-order valence-electron chi connectivity index (χ0n) is 18.3. The van der Waals surface area contributed by atoms with Gasteiger partial charge in [-0.1, -0.05) is 68.0 Å². The molecule has 0 fully saturated rings. The van der Waals surface area contributed by atoms with Gasteiger partial charge in [0.1, 0.15) is 0 Å². The topological polar surface area (TPSA) is 27.2 Å². The second-order valence-corrected chi connectivity index (χ2v) is 8.90. The maximum atomic E-state index is 6.24. The molecule has 0 atom stereocenters. The Morgan fingerprint density at radius 2 is 1.81 bits per heavy atom. The molecule has 3 heteroatoms. The van der Waals surface area contributed by atoms with E-state index in [0.717, 1.165) is 40.1 Å². The minimum Gasteiger partial charge on any atom is -0.268 e. The number of rotatable bonds is 3. The van der Waals surface area contributed by atoms with Crippen LogP contribution in [-0.2, 0) is 0 Å². The smallest absolute Gasteiger partial charge is 0.268 e. The maximum Gasteiger partial charge on any atom is 0.377 e. The monoisotopic (exact) mass is 416 g/mol. The Morgan fingerprint density at radius 3 is 2.69 bits per heavy atom. The van der Waals surface area contributed by atoms with Gasteiger partial charge in [-0.3, -0.25) is 4.42 Å². The predicted molar refractivity (Wildman–Crippen MR) is 132 cm³/mol. The van der Waals surface area contributed by atoms with Gasteiger partial charge in [0.25, 0.3) is 5.58 Å². The second kappa shape index (κ2) is 7.10. The molecule has 32 heavy (non-hydrogen) atoms. The molecule has 0 N–H and O–H groups in total. The van der Waals surface area contributed by atoms with E-state index in [1.807, 2.05) is 6.07 Å².